The third kappa shape index (κ3) is 3.24. The van der Waals surface area contributed by atoms with Crippen molar-refractivity contribution in [2.24, 2.45) is 0 Å². The summed E-state index contributed by atoms with van der Waals surface area (Å²) in [5.74, 6) is 0.378. The van der Waals surface area contributed by atoms with E-state index in [1.807, 2.05) is 31.2 Å². The van der Waals surface area contributed by atoms with Gasteiger partial charge in [0.2, 0.25) is 0 Å². The van der Waals surface area contributed by atoms with Gasteiger partial charge >= 0.3 is 6.16 Å². The third-order valence-electron chi connectivity index (χ3n) is 3.51. The van der Waals surface area contributed by atoms with Gasteiger partial charge in [0, 0.05) is 0 Å². The van der Waals surface area contributed by atoms with E-state index in [9.17, 15) is 4.79 Å². The van der Waals surface area contributed by atoms with Crippen LogP contribution in [0.25, 0.3) is 11.1 Å². The van der Waals surface area contributed by atoms with Crippen LogP contribution >= 0.6 is 0 Å². The first kappa shape index (κ1) is 15.1. The number of hydrogen-bond acceptors (Lipinski definition) is 2. The lowest BCUT2D eigenvalue weighted by Crippen LogP contribution is -2.13. The van der Waals surface area contributed by atoms with Gasteiger partial charge < -0.3 is 9.84 Å². The Morgan fingerprint density at radius 2 is 1.62 bits per heavy atom. The molecule has 0 radical (unpaired) electrons. The summed E-state index contributed by atoms with van der Waals surface area (Å²) in [6, 6.07) is 13.7. The van der Waals surface area contributed by atoms with Crippen molar-refractivity contribution in [2.45, 2.75) is 33.1 Å². The normalized spacial score (nSPS) is 11.2. The van der Waals surface area contributed by atoms with Crippen molar-refractivity contribution in [3.63, 3.8) is 0 Å². The Hall–Kier alpha value is -2.29. The van der Waals surface area contributed by atoms with Gasteiger partial charge in [0.25, 0.3) is 0 Å². The van der Waals surface area contributed by atoms with Gasteiger partial charge in [0.05, 0.1) is 0 Å². The molecule has 0 bridgehead atoms. The first-order valence-corrected chi connectivity index (χ1v) is 6.91. The standard InChI is InChI=1S/C18H20O3/c1-12-13(9-7-11-16(12)21-17(19)20)14-8-5-6-10-15(14)18(2,3)4/h5-11H,1-4H3,(H,19,20). The summed E-state index contributed by atoms with van der Waals surface area (Å²) < 4.78 is 4.85. The van der Waals surface area contributed by atoms with Crippen LogP contribution in [0.15, 0.2) is 42.5 Å². The Labute approximate surface area is 125 Å². The highest BCUT2D eigenvalue weighted by atomic mass is 16.7. The number of carboxylic acid groups (broad SMARTS) is 1. The van der Waals surface area contributed by atoms with Crippen LogP contribution in [-0.2, 0) is 5.41 Å². The van der Waals surface area contributed by atoms with Crippen molar-refractivity contribution < 1.29 is 14.6 Å². The molecule has 21 heavy (non-hydrogen) atoms. The largest absolute Gasteiger partial charge is 0.511 e. The second kappa shape index (κ2) is 5.60. The van der Waals surface area contributed by atoms with Gasteiger partial charge in [-0.1, -0.05) is 57.2 Å². The second-order valence-corrected chi connectivity index (χ2v) is 6.09. The lowest BCUT2D eigenvalue weighted by Gasteiger charge is -2.24. The molecule has 2 aromatic rings. The quantitative estimate of drug-likeness (QED) is 0.622. The minimum Gasteiger partial charge on any atom is -0.449 e. The molecule has 0 heterocycles. The van der Waals surface area contributed by atoms with Crippen LogP contribution in [0.3, 0.4) is 0 Å². The van der Waals surface area contributed by atoms with Gasteiger partial charge in [0.15, 0.2) is 0 Å². The molecule has 0 amide bonds. The van der Waals surface area contributed by atoms with E-state index in [4.69, 9.17) is 9.84 Å². The highest BCUT2D eigenvalue weighted by molar-refractivity contribution is 5.75. The average Bonchev–Trinajstić information content (AvgIpc) is 2.40. The number of benzene rings is 2. The molecule has 3 heteroatoms. The van der Waals surface area contributed by atoms with Gasteiger partial charge in [-0.05, 0) is 40.7 Å². The van der Waals surface area contributed by atoms with E-state index in [2.05, 4.69) is 32.9 Å². The Morgan fingerprint density at radius 3 is 2.24 bits per heavy atom. The number of ether oxygens (including phenoxy) is 1. The minimum atomic E-state index is -1.29. The van der Waals surface area contributed by atoms with Crippen molar-refractivity contribution in [1.29, 1.82) is 0 Å². The molecular formula is C18H20O3. The van der Waals surface area contributed by atoms with E-state index < -0.39 is 6.16 Å². The molecule has 1 N–H and O–H groups in total. The van der Waals surface area contributed by atoms with Crippen LogP contribution in [0.5, 0.6) is 5.75 Å². The number of hydrogen-bond donors (Lipinski definition) is 1. The van der Waals surface area contributed by atoms with Crippen molar-refractivity contribution in [3.05, 3.63) is 53.6 Å². The molecule has 0 unspecified atom stereocenters. The van der Waals surface area contributed by atoms with Crippen LogP contribution < -0.4 is 4.74 Å². The molecule has 0 atom stereocenters. The van der Waals surface area contributed by atoms with Crippen LogP contribution in [0.4, 0.5) is 4.79 Å². The topological polar surface area (TPSA) is 46.5 Å². The average molecular weight is 284 g/mol. The lowest BCUT2D eigenvalue weighted by molar-refractivity contribution is 0.144. The number of carbonyl (C=O) groups is 1. The van der Waals surface area contributed by atoms with Gasteiger partial charge in [-0.15, -0.1) is 0 Å². The summed E-state index contributed by atoms with van der Waals surface area (Å²) in [5, 5.41) is 8.81. The van der Waals surface area contributed by atoms with E-state index in [1.165, 1.54) is 5.56 Å². The first-order chi connectivity index (χ1) is 9.80. The predicted molar refractivity (Wildman–Crippen MR) is 84.0 cm³/mol. The highest BCUT2D eigenvalue weighted by Gasteiger charge is 2.20. The zero-order chi connectivity index (χ0) is 15.6. The summed E-state index contributed by atoms with van der Waals surface area (Å²) in [7, 11) is 0. The fourth-order valence-corrected chi connectivity index (χ4v) is 2.48. The molecule has 2 rings (SSSR count). The van der Waals surface area contributed by atoms with E-state index in [0.717, 1.165) is 16.7 Å². The maximum atomic E-state index is 10.8. The predicted octanol–water partition coefficient (Wildman–Crippen LogP) is 5.02. The Morgan fingerprint density at radius 1 is 1.00 bits per heavy atom. The van der Waals surface area contributed by atoms with E-state index in [0.29, 0.717) is 5.75 Å². The minimum absolute atomic E-state index is 0.00664. The van der Waals surface area contributed by atoms with Gasteiger partial charge in [-0.3, -0.25) is 0 Å². The Bertz CT molecular complexity index is 666. The maximum Gasteiger partial charge on any atom is 0.511 e. The monoisotopic (exact) mass is 284 g/mol. The fraction of sp³-hybridized carbons (Fsp3) is 0.278. The molecule has 0 aliphatic rings. The van der Waals surface area contributed by atoms with Crippen LogP contribution in [-0.4, -0.2) is 11.3 Å². The molecule has 110 valence electrons. The van der Waals surface area contributed by atoms with Gasteiger partial charge in [-0.25, -0.2) is 4.79 Å². The van der Waals surface area contributed by atoms with Crippen molar-refractivity contribution in [1.82, 2.24) is 0 Å². The van der Waals surface area contributed by atoms with Crippen LogP contribution in [0.2, 0.25) is 0 Å². The van der Waals surface area contributed by atoms with Crippen molar-refractivity contribution >= 4 is 6.16 Å². The zero-order valence-electron chi connectivity index (χ0n) is 12.8. The maximum absolute atomic E-state index is 10.8. The Balaban J connectivity index is 2.61. The van der Waals surface area contributed by atoms with E-state index >= 15 is 0 Å². The number of rotatable bonds is 2. The van der Waals surface area contributed by atoms with E-state index in [1.54, 1.807) is 6.07 Å². The summed E-state index contributed by atoms with van der Waals surface area (Å²) in [5.41, 5.74) is 4.17. The van der Waals surface area contributed by atoms with Gasteiger partial charge in [0.1, 0.15) is 5.75 Å². The summed E-state index contributed by atoms with van der Waals surface area (Å²) in [6.07, 6.45) is -1.29. The summed E-state index contributed by atoms with van der Waals surface area (Å²) >= 11 is 0. The molecule has 0 aromatic heterocycles. The molecule has 0 saturated heterocycles. The molecule has 0 aliphatic heterocycles. The molecule has 2 aromatic carbocycles. The molecule has 3 nitrogen and oxygen atoms in total. The molecule has 0 fully saturated rings. The first-order valence-electron chi connectivity index (χ1n) is 6.91. The SMILES string of the molecule is Cc1c(OC(=O)O)cccc1-c1ccccc1C(C)(C)C. The van der Waals surface area contributed by atoms with Crippen molar-refractivity contribution in [2.75, 3.05) is 0 Å². The fourth-order valence-electron chi connectivity index (χ4n) is 2.48. The molecule has 0 saturated carbocycles. The second-order valence-electron chi connectivity index (χ2n) is 6.09. The smallest absolute Gasteiger partial charge is 0.449 e. The molecule has 0 spiro atoms. The third-order valence-corrected chi connectivity index (χ3v) is 3.51. The van der Waals surface area contributed by atoms with Crippen molar-refractivity contribution in [3.8, 4) is 16.9 Å². The highest BCUT2D eigenvalue weighted by Crippen LogP contribution is 2.36. The zero-order valence-corrected chi connectivity index (χ0v) is 12.8. The molecule has 0 aliphatic carbocycles. The molecular weight excluding hydrogens is 264 g/mol. The van der Waals surface area contributed by atoms with E-state index in [-0.39, 0.29) is 5.41 Å². The lowest BCUT2D eigenvalue weighted by atomic mass is 9.81. The summed E-state index contributed by atoms with van der Waals surface area (Å²) in [6.45, 7) is 8.38. The van der Waals surface area contributed by atoms with Crippen LogP contribution in [0, 0.1) is 6.92 Å². The van der Waals surface area contributed by atoms with Gasteiger partial charge in [-0.2, -0.15) is 0 Å². The summed E-state index contributed by atoms with van der Waals surface area (Å²) in [4.78, 5) is 10.8. The Kier molecular flexibility index (Phi) is 4.03. The van der Waals surface area contributed by atoms with Crippen LogP contribution in [0.1, 0.15) is 31.9 Å².